The van der Waals surface area contributed by atoms with Crippen LogP contribution in [0.3, 0.4) is 0 Å². The number of amides is 1. The van der Waals surface area contributed by atoms with E-state index in [0.717, 1.165) is 39.2 Å². The van der Waals surface area contributed by atoms with Crippen LogP contribution in [0.5, 0.6) is 0 Å². The summed E-state index contributed by atoms with van der Waals surface area (Å²) in [5.74, 6) is -0.187. The van der Waals surface area contributed by atoms with Gasteiger partial charge >= 0.3 is 0 Å². The zero-order valence-corrected chi connectivity index (χ0v) is 19.5. The van der Waals surface area contributed by atoms with Crippen LogP contribution in [0.2, 0.25) is 0 Å². The van der Waals surface area contributed by atoms with Gasteiger partial charge in [-0.3, -0.25) is 14.8 Å². The average molecular weight is 471 g/mol. The number of anilines is 5. The quantitative estimate of drug-likeness (QED) is 0.260. The molecule has 2 aromatic heterocycles. The highest BCUT2D eigenvalue weighted by Crippen LogP contribution is 2.28. The minimum atomic E-state index is -0.187. The highest BCUT2D eigenvalue weighted by Gasteiger charge is 2.10. The zero-order valence-electron chi connectivity index (χ0n) is 19.5. The van der Waals surface area contributed by atoms with E-state index >= 15 is 0 Å². The SMILES string of the molecule is Cc1cc(C(=O)Nc2ccc(Nc3ccncc3)cc2)ccc1Nc1ccnc2ccc(C#N)cc12. The van der Waals surface area contributed by atoms with Crippen molar-refractivity contribution < 1.29 is 4.79 Å². The lowest BCUT2D eigenvalue weighted by molar-refractivity contribution is 0.102. The minimum Gasteiger partial charge on any atom is -0.355 e. The number of nitriles is 1. The Morgan fingerprint density at radius 1 is 0.778 bits per heavy atom. The standard InChI is InChI=1S/C29H22N6O/c1-19-16-21(29(36)34-23-6-4-22(5-7-23)33-24-10-13-31-14-11-24)3-9-26(19)35-28-12-15-32-27-8-2-20(18-30)17-25(27)28/h2-17H,1H3,(H,31,33)(H,32,35)(H,34,36). The number of rotatable bonds is 6. The molecule has 3 aromatic carbocycles. The van der Waals surface area contributed by atoms with Gasteiger partial charge in [-0.05, 0) is 91.3 Å². The monoisotopic (exact) mass is 470 g/mol. The Morgan fingerprint density at radius 3 is 2.28 bits per heavy atom. The van der Waals surface area contributed by atoms with Crippen molar-refractivity contribution in [2.24, 2.45) is 0 Å². The van der Waals surface area contributed by atoms with Gasteiger partial charge in [-0.1, -0.05) is 0 Å². The number of fused-ring (bicyclic) bond motifs is 1. The van der Waals surface area contributed by atoms with E-state index in [4.69, 9.17) is 0 Å². The molecule has 0 aliphatic heterocycles. The Labute approximate surface area is 208 Å². The zero-order chi connectivity index (χ0) is 24.9. The van der Waals surface area contributed by atoms with Crippen LogP contribution in [-0.4, -0.2) is 15.9 Å². The minimum absolute atomic E-state index is 0.187. The lowest BCUT2D eigenvalue weighted by Crippen LogP contribution is -2.12. The molecular formula is C29H22N6O. The second kappa shape index (κ2) is 9.95. The van der Waals surface area contributed by atoms with Gasteiger partial charge in [0.25, 0.3) is 5.91 Å². The van der Waals surface area contributed by atoms with E-state index in [0.29, 0.717) is 16.8 Å². The molecule has 0 unspecified atom stereocenters. The van der Waals surface area contributed by atoms with Crippen LogP contribution in [0.1, 0.15) is 21.5 Å². The molecule has 0 atom stereocenters. The summed E-state index contributed by atoms with van der Waals surface area (Å²) in [5, 5.41) is 19.8. The third kappa shape index (κ3) is 4.98. The number of nitrogens with zero attached hydrogens (tertiary/aromatic N) is 3. The van der Waals surface area contributed by atoms with E-state index in [9.17, 15) is 10.1 Å². The number of aromatic nitrogens is 2. The first-order chi connectivity index (χ1) is 17.6. The maximum absolute atomic E-state index is 12.9. The molecule has 0 saturated carbocycles. The van der Waals surface area contributed by atoms with Crippen molar-refractivity contribution >= 4 is 45.2 Å². The van der Waals surface area contributed by atoms with Gasteiger partial charge in [-0.25, -0.2) is 0 Å². The molecule has 5 rings (SSSR count). The van der Waals surface area contributed by atoms with Gasteiger partial charge in [0.2, 0.25) is 0 Å². The first kappa shape index (κ1) is 22.6. The van der Waals surface area contributed by atoms with Crippen LogP contribution < -0.4 is 16.0 Å². The summed E-state index contributed by atoms with van der Waals surface area (Å²) in [7, 11) is 0. The molecule has 5 aromatic rings. The van der Waals surface area contributed by atoms with Crippen molar-refractivity contribution in [3.8, 4) is 6.07 Å². The summed E-state index contributed by atoms with van der Waals surface area (Å²) in [4.78, 5) is 21.2. The molecule has 36 heavy (non-hydrogen) atoms. The fourth-order valence-corrected chi connectivity index (χ4v) is 3.86. The summed E-state index contributed by atoms with van der Waals surface area (Å²) >= 11 is 0. The molecule has 0 fully saturated rings. The second-order valence-corrected chi connectivity index (χ2v) is 8.25. The Hall–Kier alpha value is -5.22. The topological polar surface area (TPSA) is 103 Å². The number of aryl methyl sites for hydroxylation is 1. The molecular weight excluding hydrogens is 448 g/mol. The second-order valence-electron chi connectivity index (χ2n) is 8.25. The van der Waals surface area contributed by atoms with Crippen LogP contribution in [0.25, 0.3) is 10.9 Å². The summed E-state index contributed by atoms with van der Waals surface area (Å²) in [5.41, 5.74) is 7.12. The van der Waals surface area contributed by atoms with Crippen molar-refractivity contribution in [2.45, 2.75) is 6.92 Å². The lowest BCUT2D eigenvalue weighted by Gasteiger charge is -2.13. The largest absolute Gasteiger partial charge is 0.355 e. The third-order valence-electron chi connectivity index (χ3n) is 5.74. The van der Waals surface area contributed by atoms with Crippen LogP contribution >= 0.6 is 0 Å². The van der Waals surface area contributed by atoms with Crippen LogP contribution in [0.15, 0.2) is 97.5 Å². The van der Waals surface area contributed by atoms with Gasteiger partial charge in [0.15, 0.2) is 0 Å². The van der Waals surface area contributed by atoms with Crippen molar-refractivity contribution in [3.05, 3.63) is 114 Å². The number of pyridine rings is 2. The Bertz CT molecular complexity index is 1590. The van der Waals surface area contributed by atoms with Gasteiger partial charge in [0.05, 0.1) is 17.1 Å². The molecule has 1 amide bonds. The molecule has 0 aliphatic carbocycles. The first-order valence-electron chi connectivity index (χ1n) is 11.3. The predicted octanol–water partition coefficient (Wildman–Crippen LogP) is 6.55. The molecule has 0 bridgehead atoms. The first-order valence-corrected chi connectivity index (χ1v) is 11.3. The predicted molar refractivity (Wildman–Crippen MR) is 143 cm³/mol. The molecule has 0 radical (unpaired) electrons. The third-order valence-corrected chi connectivity index (χ3v) is 5.74. The fourth-order valence-electron chi connectivity index (χ4n) is 3.86. The maximum Gasteiger partial charge on any atom is 0.255 e. The number of carbonyl (C=O) groups is 1. The molecule has 0 saturated heterocycles. The highest BCUT2D eigenvalue weighted by molar-refractivity contribution is 6.05. The number of benzene rings is 3. The Kier molecular flexibility index (Phi) is 6.24. The fraction of sp³-hybridized carbons (Fsp3) is 0.0345. The average Bonchev–Trinajstić information content (AvgIpc) is 2.91. The lowest BCUT2D eigenvalue weighted by atomic mass is 10.1. The molecule has 174 valence electrons. The molecule has 0 spiro atoms. The molecule has 3 N–H and O–H groups in total. The Balaban J connectivity index is 1.29. The van der Waals surface area contributed by atoms with Gasteiger partial charge < -0.3 is 16.0 Å². The molecule has 0 aliphatic rings. The van der Waals surface area contributed by atoms with Crippen molar-refractivity contribution in [1.29, 1.82) is 5.26 Å². The van der Waals surface area contributed by atoms with Crippen LogP contribution in [0.4, 0.5) is 28.4 Å². The molecule has 7 nitrogen and oxygen atoms in total. The van der Waals surface area contributed by atoms with Gasteiger partial charge in [0.1, 0.15) is 0 Å². The number of carbonyl (C=O) groups excluding carboxylic acids is 1. The summed E-state index contributed by atoms with van der Waals surface area (Å²) in [6.45, 7) is 1.95. The van der Waals surface area contributed by atoms with E-state index < -0.39 is 0 Å². The normalized spacial score (nSPS) is 10.4. The number of hydrogen-bond acceptors (Lipinski definition) is 6. The summed E-state index contributed by atoms with van der Waals surface area (Å²) in [6, 6.07) is 26.3. The van der Waals surface area contributed by atoms with E-state index in [1.54, 1.807) is 30.7 Å². The highest BCUT2D eigenvalue weighted by atomic mass is 16.1. The molecule has 7 heteroatoms. The van der Waals surface area contributed by atoms with Gasteiger partial charge in [0, 0.05) is 58.0 Å². The van der Waals surface area contributed by atoms with E-state index in [1.165, 1.54) is 0 Å². The van der Waals surface area contributed by atoms with E-state index in [2.05, 4.69) is 32.0 Å². The van der Waals surface area contributed by atoms with Crippen LogP contribution in [-0.2, 0) is 0 Å². The van der Waals surface area contributed by atoms with E-state index in [-0.39, 0.29) is 5.91 Å². The maximum atomic E-state index is 12.9. The summed E-state index contributed by atoms with van der Waals surface area (Å²) < 4.78 is 0. The number of hydrogen-bond donors (Lipinski definition) is 3. The number of nitrogens with one attached hydrogen (secondary N) is 3. The smallest absolute Gasteiger partial charge is 0.255 e. The Morgan fingerprint density at radius 2 is 1.53 bits per heavy atom. The van der Waals surface area contributed by atoms with Gasteiger partial charge in [-0.15, -0.1) is 0 Å². The van der Waals surface area contributed by atoms with Crippen molar-refractivity contribution in [2.75, 3.05) is 16.0 Å². The van der Waals surface area contributed by atoms with E-state index in [1.807, 2.05) is 73.7 Å². The molecule has 2 heterocycles. The summed E-state index contributed by atoms with van der Waals surface area (Å²) in [6.07, 6.45) is 5.18. The van der Waals surface area contributed by atoms with Crippen LogP contribution in [0, 0.1) is 18.3 Å². The van der Waals surface area contributed by atoms with Gasteiger partial charge in [-0.2, -0.15) is 5.26 Å². The van der Waals surface area contributed by atoms with Crippen molar-refractivity contribution in [3.63, 3.8) is 0 Å². The van der Waals surface area contributed by atoms with Crippen molar-refractivity contribution in [1.82, 2.24) is 9.97 Å².